The summed E-state index contributed by atoms with van der Waals surface area (Å²) in [7, 11) is 0. The second kappa shape index (κ2) is 12.7. The van der Waals surface area contributed by atoms with Crippen molar-refractivity contribution in [1.29, 1.82) is 0 Å². The Morgan fingerprint density at radius 3 is 2.45 bits per heavy atom. The first-order valence-corrected chi connectivity index (χ1v) is 15.7. The molecule has 9 heteroatoms. The second-order valence-electron chi connectivity index (χ2n) is 11.3. The van der Waals surface area contributed by atoms with Gasteiger partial charge in [0, 0.05) is 38.0 Å². The van der Waals surface area contributed by atoms with Crippen LogP contribution >= 0.6 is 23.4 Å². The first kappa shape index (κ1) is 30.4. The first-order valence-electron chi connectivity index (χ1n) is 14.5. The first-order chi connectivity index (χ1) is 20.3. The Hall–Kier alpha value is -3.07. The van der Waals surface area contributed by atoms with Crippen LogP contribution < -0.4 is 4.90 Å². The minimum atomic E-state index is -0.803. The molecule has 6 atom stereocenters. The third-order valence-electron chi connectivity index (χ3n) is 8.92. The van der Waals surface area contributed by atoms with Crippen molar-refractivity contribution in [2.24, 2.45) is 17.8 Å². The fraction of sp³-hybridized carbons (Fsp3) is 0.424. The molecule has 0 aliphatic carbocycles. The van der Waals surface area contributed by atoms with E-state index in [2.05, 4.69) is 20.1 Å². The van der Waals surface area contributed by atoms with Gasteiger partial charge in [0.1, 0.15) is 6.04 Å². The van der Waals surface area contributed by atoms with Crippen LogP contribution in [0.2, 0.25) is 5.02 Å². The average Bonchev–Trinajstić information content (AvgIpc) is 3.58. The molecule has 3 heterocycles. The van der Waals surface area contributed by atoms with E-state index in [4.69, 9.17) is 11.6 Å². The predicted molar refractivity (Wildman–Crippen MR) is 168 cm³/mol. The normalized spacial score (nSPS) is 27.5. The van der Waals surface area contributed by atoms with Gasteiger partial charge in [-0.2, -0.15) is 0 Å². The molecule has 7 nitrogen and oxygen atoms in total. The Morgan fingerprint density at radius 2 is 1.79 bits per heavy atom. The number of aliphatic hydroxyl groups is 1. The van der Waals surface area contributed by atoms with Gasteiger partial charge in [-0.15, -0.1) is 24.9 Å². The average molecular weight is 608 g/mol. The van der Waals surface area contributed by atoms with E-state index in [1.807, 2.05) is 36.4 Å². The zero-order chi connectivity index (χ0) is 30.0. The summed E-state index contributed by atoms with van der Waals surface area (Å²) >= 11 is 8.20. The molecule has 1 N–H and O–H groups in total. The number of thioether (sulfide) groups is 1. The molecular formula is C33H38ClN3O4S. The van der Waals surface area contributed by atoms with Crippen LogP contribution in [0.3, 0.4) is 0 Å². The number of nitrogens with zero attached hydrogens (tertiary/aromatic N) is 3. The molecule has 1 spiro atoms. The van der Waals surface area contributed by atoms with Gasteiger partial charge in [-0.05, 0) is 36.5 Å². The van der Waals surface area contributed by atoms with Crippen LogP contribution in [-0.4, -0.2) is 74.9 Å². The number of para-hydroxylation sites is 1. The van der Waals surface area contributed by atoms with Crippen molar-refractivity contribution in [2.75, 3.05) is 31.1 Å². The smallest absolute Gasteiger partial charge is 0.251 e. The lowest BCUT2D eigenvalue weighted by atomic mass is 9.65. The molecule has 2 bridgehead atoms. The van der Waals surface area contributed by atoms with E-state index in [1.165, 1.54) is 0 Å². The minimum absolute atomic E-state index is 0.0254. The van der Waals surface area contributed by atoms with E-state index in [0.717, 1.165) is 12.0 Å². The third-order valence-corrected chi connectivity index (χ3v) is 11.3. The fourth-order valence-corrected chi connectivity index (χ4v) is 9.87. The molecule has 0 radical (unpaired) electrons. The summed E-state index contributed by atoms with van der Waals surface area (Å²) in [5, 5.41) is 10.1. The van der Waals surface area contributed by atoms with Gasteiger partial charge >= 0.3 is 0 Å². The monoisotopic (exact) mass is 607 g/mol. The highest BCUT2D eigenvalue weighted by Gasteiger charge is 2.76. The van der Waals surface area contributed by atoms with Gasteiger partial charge in [0.15, 0.2) is 0 Å². The maximum absolute atomic E-state index is 14.7. The van der Waals surface area contributed by atoms with Crippen molar-refractivity contribution in [3.63, 3.8) is 0 Å². The lowest BCUT2D eigenvalue weighted by molar-refractivity contribution is -0.144. The molecule has 3 aliphatic heterocycles. The largest absolute Gasteiger partial charge is 0.396 e. The number of rotatable bonds is 12. The van der Waals surface area contributed by atoms with Crippen LogP contribution in [0, 0.1) is 17.8 Å². The standard InChI is InChI=1S/C33H38ClN3O4S/c1-4-16-35(21-23-12-7-6-8-13-23)30(39)27-26-20-22(3)33(42-26)28(27)31(40)37(18-11-19-38)29(33)32(41)36(17-5-2)25-15-10-9-14-24(25)34/h4-10,12-15,22,26-29,38H,1-2,11,16-21H2,3H3/t22?,26-,27+,28+,29?,33?/m1/s1. The van der Waals surface area contributed by atoms with Crippen LogP contribution in [0.5, 0.6) is 0 Å². The van der Waals surface area contributed by atoms with Crippen molar-refractivity contribution >= 4 is 46.8 Å². The molecule has 3 amide bonds. The lowest BCUT2D eigenvalue weighted by Crippen LogP contribution is -2.57. The van der Waals surface area contributed by atoms with Crippen LogP contribution in [0.1, 0.15) is 25.3 Å². The number of amides is 3. The van der Waals surface area contributed by atoms with Gasteiger partial charge in [-0.1, -0.05) is 73.1 Å². The summed E-state index contributed by atoms with van der Waals surface area (Å²) in [6.07, 6.45) is 4.44. The van der Waals surface area contributed by atoms with Crippen molar-refractivity contribution < 1.29 is 19.5 Å². The zero-order valence-electron chi connectivity index (χ0n) is 23.9. The van der Waals surface area contributed by atoms with Crippen molar-refractivity contribution in [3.8, 4) is 0 Å². The van der Waals surface area contributed by atoms with Crippen molar-refractivity contribution in [3.05, 3.63) is 90.5 Å². The zero-order valence-corrected chi connectivity index (χ0v) is 25.5. The molecule has 0 saturated carbocycles. The molecule has 3 unspecified atom stereocenters. The van der Waals surface area contributed by atoms with Crippen molar-refractivity contribution in [1.82, 2.24) is 9.80 Å². The van der Waals surface area contributed by atoms with E-state index in [-0.39, 0.29) is 48.6 Å². The predicted octanol–water partition coefficient (Wildman–Crippen LogP) is 4.79. The van der Waals surface area contributed by atoms with Gasteiger partial charge in [-0.3, -0.25) is 14.4 Å². The van der Waals surface area contributed by atoms with Crippen LogP contribution in [0.4, 0.5) is 5.69 Å². The highest BCUT2D eigenvalue weighted by atomic mass is 35.5. The number of carbonyl (C=O) groups excluding carboxylic acids is 3. The summed E-state index contributed by atoms with van der Waals surface area (Å²) in [5.74, 6) is -1.67. The number of aliphatic hydroxyl groups excluding tert-OH is 1. The quantitative estimate of drug-likeness (QED) is 0.351. The van der Waals surface area contributed by atoms with E-state index in [0.29, 0.717) is 30.2 Å². The topological polar surface area (TPSA) is 81.2 Å². The van der Waals surface area contributed by atoms with E-state index in [1.54, 1.807) is 56.8 Å². The summed E-state index contributed by atoms with van der Waals surface area (Å²) in [4.78, 5) is 48.4. The number of likely N-dealkylation sites (tertiary alicyclic amines) is 1. The Balaban J connectivity index is 1.55. The van der Waals surface area contributed by atoms with Crippen molar-refractivity contribution in [2.45, 2.75) is 42.3 Å². The fourth-order valence-electron chi connectivity index (χ4n) is 7.22. The molecule has 3 aliphatic rings. The number of benzene rings is 2. The Labute approximate surface area is 257 Å². The highest BCUT2D eigenvalue weighted by molar-refractivity contribution is 8.02. The van der Waals surface area contributed by atoms with Gasteiger partial charge in [0.2, 0.25) is 11.8 Å². The number of hydrogen-bond donors (Lipinski definition) is 1. The minimum Gasteiger partial charge on any atom is -0.396 e. The summed E-state index contributed by atoms with van der Waals surface area (Å²) < 4.78 is -0.776. The molecule has 42 heavy (non-hydrogen) atoms. The summed E-state index contributed by atoms with van der Waals surface area (Å²) in [6, 6.07) is 16.1. The number of halogens is 1. The molecular weight excluding hydrogens is 570 g/mol. The van der Waals surface area contributed by atoms with Gasteiger partial charge in [0.25, 0.3) is 5.91 Å². The van der Waals surface area contributed by atoms with Crippen LogP contribution in [0.25, 0.3) is 0 Å². The maximum Gasteiger partial charge on any atom is 0.251 e. The molecule has 3 saturated heterocycles. The third kappa shape index (κ3) is 5.07. The molecule has 2 aromatic rings. The van der Waals surface area contributed by atoms with E-state index in [9.17, 15) is 19.5 Å². The van der Waals surface area contributed by atoms with Gasteiger partial charge < -0.3 is 19.8 Å². The second-order valence-corrected chi connectivity index (χ2v) is 13.3. The molecule has 2 aromatic carbocycles. The van der Waals surface area contributed by atoms with Gasteiger partial charge in [-0.25, -0.2) is 0 Å². The number of hydrogen-bond acceptors (Lipinski definition) is 5. The number of fused-ring (bicyclic) bond motifs is 1. The van der Waals surface area contributed by atoms with Crippen LogP contribution in [-0.2, 0) is 20.9 Å². The van der Waals surface area contributed by atoms with Crippen LogP contribution in [0.15, 0.2) is 79.9 Å². The molecule has 3 fully saturated rings. The Bertz CT molecular complexity index is 1360. The van der Waals surface area contributed by atoms with Gasteiger partial charge in [0.05, 0.1) is 27.3 Å². The summed E-state index contributed by atoms with van der Waals surface area (Å²) in [5.41, 5.74) is 1.55. The highest BCUT2D eigenvalue weighted by Crippen LogP contribution is 2.69. The number of anilines is 1. The number of carbonyl (C=O) groups is 3. The molecule has 0 aromatic heterocycles. The summed E-state index contributed by atoms with van der Waals surface area (Å²) in [6.45, 7) is 11.0. The Morgan fingerprint density at radius 1 is 1.10 bits per heavy atom. The maximum atomic E-state index is 14.7. The van der Waals surface area contributed by atoms with E-state index < -0.39 is 22.6 Å². The molecule has 5 rings (SSSR count). The Kier molecular flexibility index (Phi) is 9.16. The SMILES string of the molecule is C=CCN(Cc1ccccc1)C(=O)[C@@H]1[C@H]2C(=O)N(CCCO)C(C(=O)N(CC=C)c3ccccc3Cl)C23S[C@@H]1CC3C. The molecule has 222 valence electrons. The lowest BCUT2D eigenvalue weighted by Gasteiger charge is -2.41. The van der Waals surface area contributed by atoms with E-state index >= 15 is 0 Å².